The van der Waals surface area contributed by atoms with E-state index in [4.69, 9.17) is 10.6 Å². The number of nitrogens with zero attached hydrogens (tertiary/aromatic N) is 2. The maximum atomic E-state index is 5.72. The van der Waals surface area contributed by atoms with Gasteiger partial charge >= 0.3 is 0 Å². The zero-order valence-corrected chi connectivity index (χ0v) is 10.6. The summed E-state index contributed by atoms with van der Waals surface area (Å²) in [6.45, 7) is 0. The van der Waals surface area contributed by atoms with Crippen molar-refractivity contribution in [2.45, 2.75) is 25.7 Å². The van der Waals surface area contributed by atoms with Crippen LogP contribution in [0.5, 0.6) is 11.6 Å². The molecular weight excluding hydrogens is 240 g/mol. The molecular formula is C14H16N4O. The molecule has 1 aliphatic carbocycles. The van der Waals surface area contributed by atoms with Crippen LogP contribution in [0.4, 0.5) is 5.82 Å². The molecule has 1 heterocycles. The van der Waals surface area contributed by atoms with Gasteiger partial charge in [-0.2, -0.15) is 4.98 Å². The summed E-state index contributed by atoms with van der Waals surface area (Å²) in [7, 11) is 0. The van der Waals surface area contributed by atoms with Gasteiger partial charge in [0.25, 0.3) is 0 Å². The Labute approximate surface area is 111 Å². The smallest absolute Gasteiger partial charge is 0.239 e. The van der Waals surface area contributed by atoms with Crippen LogP contribution in [0.25, 0.3) is 0 Å². The van der Waals surface area contributed by atoms with E-state index >= 15 is 0 Å². The van der Waals surface area contributed by atoms with E-state index in [0.717, 1.165) is 12.2 Å². The first-order chi connectivity index (χ1) is 9.35. The summed E-state index contributed by atoms with van der Waals surface area (Å²) in [5.74, 6) is 7.01. The summed E-state index contributed by atoms with van der Waals surface area (Å²) in [4.78, 5) is 8.19. The van der Waals surface area contributed by atoms with Crippen molar-refractivity contribution in [1.82, 2.24) is 9.97 Å². The van der Waals surface area contributed by atoms with Crippen LogP contribution in [-0.4, -0.2) is 9.97 Å². The van der Waals surface area contributed by atoms with Crippen molar-refractivity contribution in [2.24, 2.45) is 5.84 Å². The fourth-order valence-electron chi connectivity index (χ4n) is 2.36. The normalized spacial score (nSPS) is 13.7. The maximum absolute atomic E-state index is 5.72. The van der Waals surface area contributed by atoms with Crippen molar-refractivity contribution in [3.8, 4) is 11.6 Å². The van der Waals surface area contributed by atoms with Crippen LogP contribution in [0.3, 0.4) is 0 Å². The molecule has 0 radical (unpaired) electrons. The molecule has 0 atom stereocenters. The summed E-state index contributed by atoms with van der Waals surface area (Å²) < 4.78 is 5.72. The minimum absolute atomic E-state index is 0.436. The predicted molar refractivity (Wildman–Crippen MR) is 73.0 cm³/mol. The molecule has 98 valence electrons. The minimum Gasteiger partial charge on any atom is -0.437 e. The molecule has 0 unspecified atom stereocenters. The Kier molecular flexibility index (Phi) is 3.29. The molecule has 0 saturated heterocycles. The topological polar surface area (TPSA) is 73.1 Å². The Hall–Kier alpha value is -2.14. The van der Waals surface area contributed by atoms with Crippen LogP contribution >= 0.6 is 0 Å². The SMILES string of the molecule is NNc1cncc(Oc2ccc3c(c2)CCCC3)n1. The van der Waals surface area contributed by atoms with E-state index in [9.17, 15) is 0 Å². The summed E-state index contributed by atoms with van der Waals surface area (Å²) in [5, 5.41) is 0. The van der Waals surface area contributed by atoms with E-state index < -0.39 is 0 Å². The second-order valence-electron chi connectivity index (χ2n) is 4.63. The fourth-order valence-corrected chi connectivity index (χ4v) is 2.36. The van der Waals surface area contributed by atoms with Gasteiger partial charge in [0.1, 0.15) is 5.75 Å². The van der Waals surface area contributed by atoms with E-state index in [1.165, 1.54) is 30.4 Å². The van der Waals surface area contributed by atoms with Crippen molar-refractivity contribution in [2.75, 3.05) is 5.43 Å². The van der Waals surface area contributed by atoms with Gasteiger partial charge in [-0.05, 0) is 48.9 Å². The monoisotopic (exact) mass is 256 g/mol. The molecule has 5 nitrogen and oxygen atoms in total. The van der Waals surface area contributed by atoms with Gasteiger partial charge in [0.15, 0.2) is 5.82 Å². The van der Waals surface area contributed by atoms with Crippen molar-refractivity contribution >= 4 is 5.82 Å². The van der Waals surface area contributed by atoms with Crippen molar-refractivity contribution < 1.29 is 4.74 Å². The van der Waals surface area contributed by atoms with E-state index in [1.807, 2.05) is 6.07 Å². The Bertz CT molecular complexity index is 585. The number of rotatable bonds is 3. The lowest BCUT2D eigenvalue weighted by Gasteiger charge is -2.16. The fraction of sp³-hybridized carbons (Fsp3) is 0.286. The maximum Gasteiger partial charge on any atom is 0.239 e. The first-order valence-electron chi connectivity index (χ1n) is 6.43. The number of nitrogens with one attached hydrogen (secondary N) is 1. The minimum atomic E-state index is 0.436. The molecule has 0 amide bonds. The second-order valence-corrected chi connectivity index (χ2v) is 4.63. The number of fused-ring (bicyclic) bond motifs is 1. The molecule has 19 heavy (non-hydrogen) atoms. The summed E-state index contributed by atoms with van der Waals surface area (Å²) in [6.07, 6.45) is 7.94. The standard InChI is InChI=1S/C14H16N4O/c15-18-13-8-16-9-14(17-13)19-12-6-5-10-3-1-2-4-11(10)7-12/h5-9H,1-4,15H2,(H,17,18). The molecule has 5 heteroatoms. The second kappa shape index (κ2) is 5.24. The van der Waals surface area contributed by atoms with Gasteiger partial charge in [-0.15, -0.1) is 0 Å². The molecule has 0 fully saturated rings. The molecule has 3 N–H and O–H groups in total. The quantitative estimate of drug-likeness (QED) is 0.651. The lowest BCUT2D eigenvalue weighted by atomic mass is 9.92. The van der Waals surface area contributed by atoms with Crippen molar-refractivity contribution in [3.63, 3.8) is 0 Å². The average Bonchev–Trinajstić information content (AvgIpc) is 2.47. The van der Waals surface area contributed by atoms with Gasteiger partial charge in [-0.25, -0.2) is 5.84 Å². The Morgan fingerprint density at radius 3 is 2.79 bits per heavy atom. The van der Waals surface area contributed by atoms with Crippen LogP contribution in [0.15, 0.2) is 30.6 Å². The van der Waals surface area contributed by atoms with Crippen molar-refractivity contribution in [1.29, 1.82) is 0 Å². The molecule has 1 aromatic carbocycles. The van der Waals surface area contributed by atoms with Crippen molar-refractivity contribution in [3.05, 3.63) is 41.7 Å². The van der Waals surface area contributed by atoms with Crippen LogP contribution in [0, 0.1) is 0 Å². The number of hydrogen-bond acceptors (Lipinski definition) is 5. The molecule has 0 spiro atoms. The highest BCUT2D eigenvalue weighted by molar-refractivity contribution is 5.39. The Morgan fingerprint density at radius 2 is 1.95 bits per heavy atom. The Balaban J connectivity index is 1.82. The molecule has 1 aromatic heterocycles. The van der Waals surface area contributed by atoms with Crippen LogP contribution < -0.4 is 16.0 Å². The molecule has 1 aliphatic rings. The number of benzene rings is 1. The highest BCUT2D eigenvalue weighted by Crippen LogP contribution is 2.27. The molecule has 0 saturated carbocycles. The van der Waals surface area contributed by atoms with Crippen LogP contribution in [0.2, 0.25) is 0 Å². The summed E-state index contributed by atoms with van der Waals surface area (Å²) in [6, 6.07) is 6.22. The molecule has 0 bridgehead atoms. The number of nitrogen functional groups attached to an aromatic ring is 1. The van der Waals surface area contributed by atoms with E-state index in [2.05, 4.69) is 27.5 Å². The van der Waals surface area contributed by atoms with E-state index in [-0.39, 0.29) is 0 Å². The number of nitrogens with two attached hydrogens (primary N) is 1. The largest absolute Gasteiger partial charge is 0.437 e. The average molecular weight is 256 g/mol. The molecule has 2 aromatic rings. The van der Waals surface area contributed by atoms with Gasteiger partial charge in [0.05, 0.1) is 12.4 Å². The number of hydrazine groups is 1. The van der Waals surface area contributed by atoms with Crippen LogP contribution in [-0.2, 0) is 12.8 Å². The third-order valence-corrected chi connectivity index (χ3v) is 3.30. The van der Waals surface area contributed by atoms with Crippen LogP contribution in [0.1, 0.15) is 24.0 Å². The zero-order chi connectivity index (χ0) is 13.1. The third-order valence-electron chi connectivity index (χ3n) is 3.30. The third kappa shape index (κ3) is 2.66. The number of ether oxygens (including phenoxy) is 1. The van der Waals surface area contributed by atoms with Gasteiger partial charge < -0.3 is 10.2 Å². The van der Waals surface area contributed by atoms with Gasteiger partial charge in [-0.3, -0.25) is 4.98 Å². The Morgan fingerprint density at radius 1 is 1.11 bits per heavy atom. The molecule has 0 aliphatic heterocycles. The highest BCUT2D eigenvalue weighted by atomic mass is 16.5. The lowest BCUT2D eigenvalue weighted by molar-refractivity contribution is 0.459. The lowest BCUT2D eigenvalue weighted by Crippen LogP contribution is -2.09. The van der Waals surface area contributed by atoms with E-state index in [0.29, 0.717) is 11.7 Å². The number of aromatic nitrogens is 2. The van der Waals surface area contributed by atoms with Gasteiger partial charge in [0.2, 0.25) is 5.88 Å². The first-order valence-corrected chi connectivity index (χ1v) is 6.43. The highest BCUT2D eigenvalue weighted by Gasteiger charge is 2.10. The van der Waals surface area contributed by atoms with Gasteiger partial charge in [0, 0.05) is 0 Å². The predicted octanol–water partition coefficient (Wildman–Crippen LogP) is 2.43. The number of aryl methyl sites for hydroxylation is 2. The summed E-state index contributed by atoms with van der Waals surface area (Å²) in [5.41, 5.74) is 5.26. The zero-order valence-electron chi connectivity index (χ0n) is 10.6. The first kappa shape index (κ1) is 11.9. The number of anilines is 1. The molecule has 3 rings (SSSR count). The number of hydrogen-bond donors (Lipinski definition) is 2. The van der Waals surface area contributed by atoms with E-state index in [1.54, 1.807) is 12.4 Å². The van der Waals surface area contributed by atoms with Gasteiger partial charge in [-0.1, -0.05) is 6.07 Å². The summed E-state index contributed by atoms with van der Waals surface area (Å²) >= 11 is 0.